The van der Waals surface area contributed by atoms with Crippen LogP contribution in [0.25, 0.3) is 0 Å². The van der Waals surface area contributed by atoms with E-state index in [0.717, 1.165) is 30.4 Å². The van der Waals surface area contributed by atoms with Crippen molar-refractivity contribution in [2.75, 3.05) is 18.0 Å². The highest BCUT2D eigenvalue weighted by Gasteiger charge is 2.18. The van der Waals surface area contributed by atoms with Gasteiger partial charge in [-0.1, -0.05) is 6.92 Å². The minimum absolute atomic E-state index is 0.0746. The van der Waals surface area contributed by atoms with Gasteiger partial charge in [0.05, 0.1) is 6.61 Å². The zero-order valence-corrected chi connectivity index (χ0v) is 10.1. The number of rotatable bonds is 2. The van der Waals surface area contributed by atoms with E-state index in [0.29, 0.717) is 0 Å². The summed E-state index contributed by atoms with van der Waals surface area (Å²) in [6.07, 6.45) is 4.28. The Morgan fingerprint density at radius 3 is 2.69 bits per heavy atom. The summed E-state index contributed by atoms with van der Waals surface area (Å²) in [6, 6.07) is 2.03. The first-order valence-electron chi connectivity index (χ1n) is 6.02. The van der Waals surface area contributed by atoms with Gasteiger partial charge in [-0.3, -0.25) is 0 Å². The molecule has 0 radical (unpaired) electrons. The molecule has 0 aromatic carbocycles. The summed E-state index contributed by atoms with van der Waals surface area (Å²) in [7, 11) is 0. The molecule has 2 rings (SSSR count). The van der Waals surface area contributed by atoms with Crippen molar-refractivity contribution in [1.82, 2.24) is 4.98 Å². The number of hydrogen-bond acceptors (Lipinski definition) is 3. The summed E-state index contributed by atoms with van der Waals surface area (Å²) in [5.41, 5.74) is 2.06. The van der Waals surface area contributed by atoms with E-state index in [1.807, 2.05) is 6.07 Å². The van der Waals surface area contributed by atoms with Crippen LogP contribution < -0.4 is 4.90 Å². The minimum atomic E-state index is 0.0746. The fourth-order valence-electron chi connectivity index (χ4n) is 2.26. The molecule has 0 unspecified atom stereocenters. The summed E-state index contributed by atoms with van der Waals surface area (Å²) >= 11 is 0. The maximum atomic E-state index is 9.04. The molecule has 16 heavy (non-hydrogen) atoms. The van der Waals surface area contributed by atoms with Crippen LogP contribution in [0.3, 0.4) is 0 Å². The Morgan fingerprint density at radius 2 is 2.12 bits per heavy atom. The summed E-state index contributed by atoms with van der Waals surface area (Å²) in [5, 5.41) is 9.04. The highest BCUT2D eigenvalue weighted by Crippen LogP contribution is 2.24. The normalized spacial score (nSPS) is 17.8. The van der Waals surface area contributed by atoms with E-state index in [9.17, 15) is 0 Å². The Kier molecular flexibility index (Phi) is 3.44. The van der Waals surface area contributed by atoms with Crippen LogP contribution in [-0.2, 0) is 6.61 Å². The Hall–Kier alpha value is -1.09. The molecule has 1 saturated heterocycles. The quantitative estimate of drug-likeness (QED) is 0.829. The number of hydrogen-bond donors (Lipinski definition) is 1. The predicted octanol–water partition coefficient (Wildman–Crippen LogP) is 2.12. The number of nitrogens with zero attached hydrogens (tertiary/aromatic N) is 2. The number of pyridine rings is 1. The third kappa shape index (κ3) is 2.35. The van der Waals surface area contributed by atoms with Crippen molar-refractivity contribution in [3.8, 4) is 0 Å². The summed E-state index contributed by atoms with van der Waals surface area (Å²) in [5.74, 6) is 1.93. The Labute approximate surface area is 97.1 Å². The number of aliphatic hydroxyl groups is 1. The largest absolute Gasteiger partial charge is 0.392 e. The van der Waals surface area contributed by atoms with Crippen molar-refractivity contribution < 1.29 is 5.11 Å². The lowest BCUT2D eigenvalue weighted by Crippen LogP contribution is -2.33. The minimum Gasteiger partial charge on any atom is -0.392 e. The lowest BCUT2D eigenvalue weighted by atomic mass is 9.99. The van der Waals surface area contributed by atoms with Crippen LogP contribution in [0.2, 0.25) is 0 Å². The lowest BCUT2D eigenvalue weighted by Gasteiger charge is -2.32. The number of aryl methyl sites for hydroxylation is 1. The molecule has 0 atom stereocenters. The number of aromatic nitrogens is 1. The van der Waals surface area contributed by atoms with Crippen molar-refractivity contribution >= 4 is 5.82 Å². The van der Waals surface area contributed by atoms with Gasteiger partial charge in [0, 0.05) is 19.3 Å². The van der Waals surface area contributed by atoms with E-state index in [4.69, 9.17) is 5.11 Å². The molecule has 0 amide bonds. The van der Waals surface area contributed by atoms with Gasteiger partial charge in [-0.15, -0.1) is 0 Å². The molecule has 1 N–H and O–H groups in total. The first-order valence-corrected chi connectivity index (χ1v) is 6.02. The third-order valence-corrected chi connectivity index (χ3v) is 3.37. The van der Waals surface area contributed by atoms with Crippen molar-refractivity contribution in [3.05, 3.63) is 23.4 Å². The molecule has 1 fully saturated rings. The van der Waals surface area contributed by atoms with E-state index in [1.165, 1.54) is 18.4 Å². The molecule has 0 spiro atoms. The number of piperidine rings is 1. The number of anilines is 1. The molecule has 1 aliphatic heterocycles. The van der Waals surface area contributed by atoms with Crippen molar-refractivity contribution in [2.45, 2.75) is 33.3 Å². The van der Waals surface area contributed by atoms with Crippen LogP contribution in [-0.4, -0.2) is 23.2 Å². The molecule has 3 nitrogen and oxygen atoms in total. The van der Waals surface area contributed by atoms with Crippen LogP contribution in [0.15, 0.2) is 12.3 Å². The first-order chi connectivity index (χ1) is 7.70. The Morgan fingerprint density at radius 1 is 1.44 bits per heavy atom. The van der Waals surface area contributed by atoms with Gasteiger partial charge in [0.15, 0.2) is 0 Å². The molecule has 88 valence electrons. The van der Waals surface area contributed by atoms with Crippen LogP contribution in [0.4, 0.5) is 5.82 Å². The summed E-state index contributed by atoms with van der Waals surface area (Å²) in [6.45, 7) is 6.66. The maximum absolute atomic E-state index is 9.04. The third-order valence-electron chi connectivity index (χ3n) is 3.37. The van der Waals surface area contributed by atoms with Gasteiger partial charge in [0.2, 0.25) is 0 Å². The molecule has 0 saturated carbocycles. The van der Waals surface area contributed by atoms with E-state index in [2.05, 4.69) is 23.7 Å². The van der Waals surface area contributed by atoms with Gasteiger partial charge in [0.25, 0.3) is 0 Å². The molecule has 1 aromatic rings. The van der Waals surface area contributed by atoms with Crippen LogP contribution in [0, 0.1) is 12.8 Å². The molecule has 2 heterocycles. The van der Waals surface area contributed by atoms with Gasteiger partial charge in [-0.25, -0.2) is 4.98 Å². The smallest absolute Gasteiger partial charge is 0.131 e. The Balaban J connectivity index is 2.14. The summed E-state index contributed by atoms with van der Waals surface area (Å²) < 4.78 is 0. The lowest BCUT2D eigenvalue weighted by molar-refractivity contribution is 0.281. The van der Waals surface area contributed by atoms with Crippen molar-refractivity contribution in [2.24, 2.45) is 5.92 Å². The predicted molar refractivity (Wildman–Crippen MR) is 65.5 cm³/mol. The zero-order chi connectivity index (χ0) is 11.5. The highest BCUT2D eigenvalue weighted by atomic mass is 16.3. The molecule has 0 bridgehead atoms. The fourth-order valence-corrected chi connectivity index (χ4v) is 2.26. The monoisotopic (exact) mass is 220 g/mol. The zero-order valence-electron chi connectivity index (χ0n) is 10.1. The van der Waals surface area contributed by atoms with E-state index >= 15 is 0 Å². The SMILES string of the molecule is Cc1cc(CO)cnc1N1CCC(C)CC1. The maximum Gasteiger partial charge on any atom is 0.131 e. The second kappa shape index (κ2) is 4.83. The van der Waals surface area contributed by atoms with E-state index in [1.54, 1.807) is 6.20 Å². The molecule has 3 heteroatoms. The molecule has 0 aliphatic carbocycles. The highest BCUT2D eigenvalue weighted by molar-refractivity contribution is 5.47. The van der Waals surface area contributed by atoms with Gasteiger partial charge >= 0.3 is 0 Å². The molecule has 1 aromatic heterocycles. The molecular formula is C13H20N2O. The second-order valence-electron chi connectivity index (χ2n) is 4.81. The average molecular weight is 220 g/mol. The summed E-state index contributed by atoms with van der Waals surface area (Å²) in [4.78, 5) is 6.82. The van der Waals surface area contributed by atoms with E-state index in [-0.39, 0.29) is 6.61 Å². The van der Waals surface area contributed by atoms with Gasteiger partial charge < -0.3 is 10.0 Å². The van der Waals surface area contributed by atoms with Crippen LogP contribution in [0.1, 0.15) is 30.9 Å². The number of aliphatic hydroxyl groups excluding tert-OH is 1. The van der Waals surface area contributed by atoms with Gasteiger partial charge in [0.1, 0.15) is 5.82 Å². The van der Waals surface area contributed by atoms with Crippen molar-refractivity contribution in [3.63, 3.8) is 0 Å². The topological polar surface area (TPSA) is 36.4 Å². The fraction of sp³-hybridized carbons (Fsp3) is 0.615. The Bertz CT molecular complexity index is 357. The van der Waals surface area contributed by atoms with Crippen molar-refractivity contribution in [1.29, 1.82) is 0 Å². The van der Waals surface area contributed by atoms with Gasteiger partial charge in [-0.2, -0.15) is 0 Å². The van der Waals surface area contributed by atoms with Crippen LogP contribution in [0.5, 0.6) is 0 Å². The molecule has 1 aliphatic rings. The van der Waals surface area contributed by atoms with E-state index < -0.39 is 0 Å². The average Bonchev–Trinajstić information content (AvgIpc) is 2.30. The van der Waals surface area contributed by atoms with Crippen LogP contribution >= 0.6 is 0 Å². The standard InChI is InChI=1S/C13H20N2O/c1-10-3-5-15(6-4-10)13-11(2)7-12(9-16)8-14-13/h7-8,10,16H,3-6,9H2,1-2H3. The second-order valence-corrected chi connectivity index (χ2v) is 4.81. The molecular weight excluding hydrogens is 200 g/mol. The first kappa shape index (κ1) is 11.4. The van der Waals surface area contributed by atoms with Gasteiger partial charge in [-0.05, 0) is 42.9 Å².